The van der Waals surface area contributed by atoms with E-state index in [2.05, 4.69) is 77.1 Å². The zero-order chi connectivity index (χ0) is 15.1. The van der Waals surface area contributed by atoms with E-state index in [1.54, 1.807) is 10.4 Å². The van der Waals surface area contributed by atoms with Gasteiger partial charge in [-0.1, -0.05) is 56.6 Å². The van der Waals surface area contributed by atoms with E-state index in [9.17, 15) is 0 Å². The third-order valence-electron chi connectivity index (χ3n) is 3.00. The minimum absolute atomic E-state index is 1.18. The molecule has 0 aliphatic carbocycles. The zero-order valence-electron chi connectivity index (χ0n) is 14.1. The molecule has 1 aromatic carbocycles. The quantitative estimate of drug-likeness (QED) is 0.764. The van der Waals surface area contributed by atoms with E-state index in [4.69, 9.17) is 4.43 Å². The van der Waals surface area contributed by atoms with Gasteiger partial charge in [-0.25, -0.2) is 0 Å². The van der Waals surface area contributed by atoms with Gasteiger partial charge in [-0.3, -0.25) is 0 Å². The van der Waals surface area contributed by atoms with Crippen molar-refractivity contribution in [2.24, 2.45) is 0 Å². The highest BCUT2D eigenvalue weighted by Gasteiger charge is 2.31. The summed E-state index contributed by atoms with van der Waals surface area (Å²) in [6.07, 6.45) is 0. The van der Waals surface area contributed by atoms with Crippen LogP contribution in [0.25, 0.3) is 0 Å². The minimum Gasteiger partial charge on any atom is -0.544 e. The van der Waals surface area contributed by atoms with Gasteiger partial charge in [-0.15, -0.1) is 0 Å². The molecule has 0 aliphatic heterocycles. The molecule has 0 heterocycles. The van der Waals surface area contributed by atoms with Crippen LogP contribution in [0.3, 0.4) is 0 Å². The molecule has 0 spiro atoms. The second-order valence-corrected chi connectivity index (χ2v) is 22.9. The van der Waals surface area contributed by atoms with Gasteiger partial charge in [-0.2, -0.15) is 0 Å². The number of benzene rings is 1. The van der Waals surface area contributed by atoms with Crippen LogP contribution >= 0.6 is 0 Å². The van der Waals surface area contributed by atoms with Crippen LogP contribution in [0.2, 0.25) is 58.9 Å². The van der Waals surface area contributed by atoms with Crippen molar-refractivity contribution < 1.29 is 4.43 Å². The molecule has 1 nitrogen and oxygen atoms in total. The van der Waals surface area contributed by atoms with Crippen molar-refractivity contribution in [3.63, 3.8) is 0 Å². The normalized spacial score (nSPS) is 13.5. The summed E-state index contributed by atoms with van der Waals surface area (Å²) in [7, 11) is -4.28. The molecule has 108 valence electrons. The highest BCUT2D eigenvalue weighted by molar-refractivity contribution is 6.99. The van der Waals surface area contributed by atoms with Crippen molar-refractivity contribution in [1.82, 2.24) is 0 Å². The summed E-state index contributed by atoms with van der Waals surface area (Å²) < 4.78 is 6.39. The third kappa shape index (κ3) is 4.61. The van der Waals surface area contributed by atoms with Crippen LogP contribution < -0.4 is 14.8 Å². The molecule has 0 amide bonds. The molecule has 0 fully saturated rings. The average molecular weight is 311 g/mol. The van der Waals surface area contributed by atoms with Crippen LogP contribution in [0, 0.1) is 0 Å². The summed E-state index contributed by atoms with van der Waals surface area (Å²) in [5, 5.41) is 3.17. The van der Waals surface area contributed by atoms with E-state index in [0.717, 1.165) is 0 Å². The fraction of sp³-hybridized carbons (Fsp3) is 0.600. The SMILES string of the molecule is C[Si](C)(C)Oc1cccc([Si](C)(C)C)c1[Si](C)(C)C. The van der Waals surface area contributed by atoms with Crippen LogP contribution in [0.5, 0.6) is 5.75 Å². The van der Waals surface area contributed by atoms with Gasteiger partial charge in [-0.05, 0) is 30.9 Å². The predicted molar refractivity (Wildman–Crippen MR) is 96.4 cm³/mol. The lowest BCUT2D eigenvalue weighted by molar-refractivity contribution is 0.562. The largest absolute Gasteiger partial charge is 0.544 e. The van der Waals surface area contributed by atoms with E-state index in [-0.39, 0.29) is 0 Å². The predicted octanol–water partition coefficient (Wildman–Crippen LogP) is 3.99. The molecular formula is C15H30OSi3. The summed E-state index contributed by atoms with van der Waals surface area (Å²) in [5.74, 6) is 1.18. The van der Waals surface area contributed by atoms with Crippen LogP contribution in [0.1, 0.15) is 0 Å². The van der Waals surface area contributed by atoms with Crippen LogP contribution in [-0.2, 0) is 0 Å². The number of hydrogen-bond donors (Lipinski definition) is 0. The van der Waals surface area contributed by atoms with Gasteiger partial charge in [0, 0.05) is 0 Å². The maximum Gasteiger partial charge on any atom is 0.242 e. The summed E-state index contributed by atoms with van der Waals surface area (Å²) >= 11 is 0. The van der Waals surface area contributed by atoms with Gasteiger partial charge in [0.25, 0.3) is 0 Å². The molecule has 0 aliphatic rings. The molecule has 19 heavy (non-hydrogen) atoms. The second-order valence-electron chi connectivity index (χ2n) is 8.39. The Morgan fingerprint density at radius 3 is 1.63 bits per heavy atom. The summed E-state index contributed by atoms with van der Waals surface area (Å²) in [6.45, 7) is 21.4. The second kappa shape index (κ2) is 5.22. The average Bonchev–Trinajstić information content (AvgIpc) is 2.11. The Balaban J connectivity index is 3.49. The Hall–Kier alpha value is -0.329. The zero-order valence-corrected chi connectivity index (χ0v) is 17.1. The molecule has 0 aromatic heterocycles. The molecule has 4 heteroatoms. The fourth-order valence-corrected chi connectivity index (χ4v) is 8.76. The van der Waals surface area contributed by atoms with Crippen molar-refractivity contribution in [2.75, 3.05) is 0 Å². The Kier molecular flexibility index (Phi) is 4.60. The van der Waals surface area contributed by atoms with Gasteiger partial charge < -0.3 is 4.43 Å². The lowest BCUT2D eigenvalue weighted by Crippen LogP contribution is -2.57. The topological polar surface area (TPSA) is 9.23 Å². The Bertz CT molecular complexity index is 448. The van der Waals surface area contributed by atoms with Crippen LogP contribution in [0.15, 0.2) is 18.2 Å². The Morgan fingerprint density at radius 1 is 0.737 bits per heavy atom. The minimum atomic E-state index is -1.55. The summed E-state index contributed by atoms with van der Waals surface area (Å²) in [4.78, 5) is 0. The lowest BCUT2D eigenvalue weighted by Gasteiger charge is -2.32. The van der Waals surface area contributed by atoms with Gasteiger partial charge in [0.15, 0.2) is 0 Å². The molecule has 0 bridgehead atoms. The molecule has 0 saturated heterocycles. The van der Waals surface area contributed by atoms with Gasteiger partial charge >= 0.3 is 0 Å². The Labute approximate surface area is 122 Å². The number of hydrogen-bond acceptors (Lipinski definition) is 1. The standard InChI is InChI=1S/C15H30OSi3/c1-17(2,3)14-12-10-11-13(16-19(7,8)9)15(14)18(4,5)6/h10-12H,1-9H3. The third-order valence-corrected chi connectivity index (χ3v) is 8.13. The van der Waals surface area contributed by atoms with Crippen molar-refractivity contribution in [3.05, 3.63) is 18.2 Å². The molecule has 0 radical (unpaired) electrons. The molecule has 0 atom stereocenters. The van der Waals surface area contributed by atoms with E-state index in [0.29, 0.717) is 0 Å². The van der Waals surface area contributed by atoms with Gasteiger partial charge in [0.05, 0.1) is 16.1 Å². The highest BCUT2D eigenvalue weighted by atomic mass is 28.4. The maximum absolute atomic E-state index is 6.39. The molecule has 1 rings (SSSR count). The van der Waals surface area contributed by atoms with Crippen molar-refractivity contribution in [3.8, 4) is 5.75 Å². The van der Waals surface area contributed by atoms with E-state index < -0.39 is 24.5 Å². The first kappa shape index (κ1) is 16.7. The Morgan fingerprint density at radius 2 is 1.26 bits per heavy atom. The molecular weight excluding hydrogens is 280 g/mol. The van der Waals surface area contributed by atoms with E-state index in [1.807, 2.05) is 0 Å². The first-order valence-electron chi connectivity index (χ1n) is 7.15. The molecule has 0 unspecified atom stereocenters. The number of rotatable bonds is 4. The first-order chi connectivity index (χ1) is 8.32. The maximum atomic E-state index is 6.39. The summed E-state index contributed by atoms with van der Waals surface area (Å²) in [5.41, 5.74) is 0. The van der Waals surface area contributed by atoms with Gasteiger partial charge in [0.2, 0.25) is 8.32 Å². The molecule has 0 saturated carbocycles. The van der Waals surface area contributed by atoms with E-state index in [1.165, 1.54) is 5.75 Å². The van der Waals surface area contributed by atoms with Crippen LogP contribution in [0.4, 0.5) is 0 Å². The van der Waals surface area contributed by atoms with Crippen LogP contribution in [-0.4, -0.2) is 24.5 Å². The monoisotopic (exact) mass is 310 g/mol. The molecule has 1 aromatic rings. The highest BCUT2D eigenvalue weighted by Crippen LogP contribution is 2.19. The van der Waals surface area contributed by atoms with Gasteiger partial charge in [0.1, 0.15) is 5.75 Å². The summed E-state index contributed by atoms with van der Waals surface area (Å²) in [6, 6.07) is 6.72. The fourth-order valence-electron chi connectivity index (χ4n) is 2.34. The smallest absolute Gasteiger partial charge is 0.242 e. The van der Waals surface area contributed by atoms with Crippen molar-refractivity contribution >= 4 is 34.8 Å². The van der Waals surface area contributed by atoms with E-state index >= 15 is 0 Å². The van der Waals surface area contributed by atoms with Crippen molar-refractivity contribution in [2.45, 2.75) is 58.9 Å². The lowest BCUT2D eigenvalue weighted by atomic mass is 10.3. The molecule has 0 N–H and O–H groups in total. The first-order valence-corrected chi connectivity index (χ1v) is 17.6. The van der Waals surface area contributed by atoms with Crippen molar-refractivity contribution in [1.29, 1.82) is 0 Å².